The molecule has 1 aromatic rings. The predicted molar refractivity (Wildman–Crippen MR) is 86.7 cm³/mol. The van der Waals surface area contributed by atoms with Crippen molar-refractivity contribution in [2.75, 3.05) is 18.8 Å². The summed E-state index contributed by atoms with van der Waals surface area (Å²) >= 11 is 0. The van der Waals surface area contributed by atoms with Crippen LogP contribution in [0.15, 0.2) is 24.3 Å². The third-order valence-electron chi connectivity index (χ3n) is 4.37. The van der Waals surface area contributed by atoms with Crippen LogP contribution in [0.25, 0.3) is 0 Å². The van der Waals surface area contributed by atoms with Gasteiger partial charge in [-0.05, 0) is 42.9 Å². The SMILES string of the molecule is CCC(C(=O)N1CCC(CS(N)(=O)=O)CC1)c1ccc(F)cc1. The van der Waals surface area contributed by atoms with Crippen LogP contribution in [0.3, 0.4) is 0 Å². The number of likely N-dealkylation sites (tertiary alicyclic amines) is 1. The van der Waals surface area contributed by atoms with E-state index in [1.54, 1.807) is 17.0 Å². The van der Waals surface area contributed by atoms with Crippen LogP contribution in [0, 0.1) is 11.7 Å². The number of nitrogens with two attached hydrogens (primary N) is 1. The number of hydrogen-bond donors (Lipinski definition) is 1. The van der Waals surface area contributed by atoms with Crippen LogP contribution in [0.1, 0.15) is 37.7 Å². The Hall–Kier alpha value is -1.47. The van der Waals surface area contributed by atoms with E-state index in [4.69, 9.17) is 5.14 Å². The zero-order chi connectivity index (χ0) is 17.0. The molecule has 1 fully saturated rings. The zero-order valence-electron chi connectivity index (χ0n) is 13.2. The highest BCUT2D eigenvalue weighted by Crippen LogP contribution is 2.26. The van der Waals surface area contributed by atoms with Crippen LogP contribution >= 0.6 is 0 Å². The molecule has 0 saturated carbocycles. The molecule has 2 rings (SSSR count). The average molecular weight is 342 g/mol. The summed E-state index contributed by atoms with van der Waals surface area (Å²) in [6.45, 7) is 3.01. The number of carbonyl (C=O) groups is 1. The Balaban J connectivity index is 1.99. The summed E-state index contributed by atoms with van der Waals surface area (Å²) < 4.78 is 35.3. The lowest BCUT2D eigenvalue weighted by Crippen LogP contribution is -2.42. The predicted octanol–water partition coefficient (Wildman–Crippen LogP) is 1.85. The minimum Gasteiger partial charge on any atom is -0.342 e. The summed E-state index contributed by atoms with van der Waals surface area (Å²) in [5.74, 6) is -0.595. The van der Waals surface area contributed by atoms with Gasteiger partial charge >= 0.3 is 0 Å². The van der Waals surface area contributed by atoms with Crippen molar-refractivity contribution in [2.45, 2.75) is 32.1 Å². The third kappa shape index (κ3) is 5.00. The van der Waals surface area contributed by atoms with Gasteiger partial charge in [0.1, 0.15) is 5.82 Å². The van der Waals surface area contributed by atoms with Gasteiger partial charge < -0.3 is 4.90 Å². The second kappa shape index (κ2) is 7.40. The van der Waals surface area contributed by atoms with E-state index < -0.39 is 10.0 Å². The van der Waals surface area contributed by atoms with E-state index in [0.29, 0.717) is 32.4 Å². The summed E-state index contributed by atoms with van der Waals surface area (Å²) in [6, 6.07) is 6.03. The number of piperidine rings is 1. The van der Waals surface area contributed by atoms with Gasteiger partial charge in [0.05, 0.1) is 11.7 Å². The molecule has 1 saturated heterocycles. The molecule has 5 nitrogen and oxygen atoms in total. The third-order valence-corrected chi connectivity index (χ3v) is 5.31. The lowest BCUT2D eigenvalue weighted by atomic mass is 9.92. The highest BCUT2D eigenvalue weighted by Gasteiger charge is 2.29. The molecule has 0 radical (unpaired) electrons. The van der Waals surface area contributed by atoms with Crippen LogP contribution in [-0.2, 0) is 14.8 Å². The highest BCUT2D eigenvalue weighted by atomic mass is 32.2. The molecule has 1 aliphatic heterocycles. The summed E-state index contributed by atoms with van der Waals surface area (Å²) in [5.41, 5.74) is 0.811. The first-order chi connectivity index (χ1) is 10.8. The van der Waals surface area contributed by atoms with Gasteiger partial charge in [0.25, 0.3) is 0 Å². The number of halogens is 1. The molecule has 7 heteroatoms. The van der Waals surface area contributed by atoms with Gasteiger partial charge in [-0.15, -0.1) is 0 Å². The molecule has 2 N–H and O–H groups in total. The van der Waals surface area contributed by atoms with Gasteiger partial charge in [-0.1, -0.05) is 19.1 Å². The van der Waals surface area contributed by atoms with Gasteiger partial charge in [0.2, 0.25) is 15.9 Å². The molecule has 1 atom stereocenters. The van der Waals surface area contributed by atoms with Gasteiger partial charge in [-0.3, -0.25) is 4.79 Å². The van der Waals surface area contributed by atoms with Crippen molar-refractivity contribution < 1.29 is 17.6 Å². The van der Waals surface area contributed by atoms with Crippen molar-refractivity contribution in [3.63, 3.8) is 0 Å². The second-order valence-corrected chi connectivity index (χ2v) is 7.77. The normalized spacial score (nSPS) is 18.0. The Labute approximate surface area is 136 Å². The maximum absolute atomic E-state index is 13.0. The Morgan fingerprint density at radius 3 is 2.35 bits per heavy atom. The Morgan fingerprint density at radius 2 is 1.87 bits per heavy atom. The molecule has 1 amide bonds. The minimum atomic E-state index is -3.47. The molecule has 0 spiro atoms. The fraction of sp³-hybridized carbons (Fsp3) is 0.562. The molecular formula is C16H23FN2O3S. The molecule has 1 aliphatic rings. The maximum atomic E-state index is 13.0. The molecule has 1 heterocycles. The largest absolute Gasteiger partial charge is 0.342 e. The minimum absolute atomic E-state index is 0.0138. The smallest absolute Gasteiger partial charge is 0.230 e. The summed E-state index contributed by atoms with van der Waals surface area (Å²) in [5, 5.41) is 5.08. The second-order valence-electron chi connectivity index (χ2n) is 6.11. The number of amides is 1. The first-order valence-corrected chi connectivity index (χ1v) is 9.56. The number of carbonyl (C=O) groups excluding carboxylic acids is 1. The number of rotatable bonds is 5. The Kier molecular flexibility index (Phi) is 5.75. The zero-order valence-corrected chi connectivity index (χ0v) is 14.1. The van der Waals surface area contributed by atoms with Crippen LogP contribution in [-0.4, -0.2) is 38.1 Å². The first-order valence-electron chi connectivity index (χ1n) is 7.85. The number of primary sulfonamides is 1. The van der Waals surface area contributed by atoms with Crippen LogP contribution in [0.5, 0.6) is 0 Å². The first kappa shape index (κ1) is 17.9. The fourth-order valence-electron chi connectivity index (χ4n) is 3.12. The van der Waals surface area contributed by atoms with Crippen LogP contribution in [0.2, 0.25) is 0 Å². The van der Waals surface area contributed by atoms with Gasteiger partial charge in [-0.2, -0.15) is 0 Å². The molecule has 1 unspecified atom stereocenters. The van der Waals surface area contributed by atoms with Crippen molar-refractivity contribution in [2.24, 2.45) is 11.1 Å². The number of sulfonamides is 1. The summed E-state index contributed by atoms with van der Waals surface area (Å²) in [6.07, 6.45) is 1.92. The topological polar surface area (TPSA) is 80.5 Å². The maximum Gasteiger partial charge on any atom is 0.230 e. The number of nitrogens with zero attached hydrogens (tertiary/aromatic N) is 1. The Bertz CT molecular complexity index is 638. The van der Waals surface area contributed by atoms with Crippen molar-refractivity contribution in [1.82, 2.24) is 4.90 Å². The molecule has 0 aromatic heterocycles. The highest BCUT2D eigenvalue weighted by molar-refractivity contribution is 7.89. The number of hydrogen-bond acceptors (Lipinski definition) is 3. The van der Waals surface area contributed by atoms with E-state index in [-0.39, 0.29) is 29.3 Å². The van der Waals surface area contributed by atoms with Gasteiger partial charge in [0.15, 0.2) is 0 Å². The molecule has 0 bridgehead atoms. The van der Waals surface area contributed by atoms with E-state index in [1.165, 1.54) is 12.1 Å². The number of benzene rings is 1. The lowest BCUT2D eigenvalue weighted by Gasteiger charge is -2.34. The summed E-state index contributed by atoms with van der Waals surface area (Å²) in [4.78, 5) is 14.5. The van der Waals surface area contributed by atoms with E-state index >= 15 is 0 Å². The quantitative estimate of drug-likeness (QED) is 0.887. The molecular weight excluding hydrogens is 319 g/mol. The fourth-order valence-corrected chi connectivity index (χ4v) is 4.11. The van der Waals surface area contributed by atoms with E-state index in [0.717, 1.165) is 5.56 Å². The van der Waals surface area contributed by atoms with E-state index in [2.05, 4.69) is 0 Å². The monoisotopic (exact) mass is 342 g/mol. The van der Waals surface area contributed by atoms with Crippen molar-refractivity contribution in [3.8, 4) is 0 Å². The van der Waals surface area contributed by atoms with Crippen molar-refractivity contribution in [3.05, 3.63) is 35.6 Å². The molecule has 1 aromatic carbocycles. The summed E-state index contributed by atoms with van der Waals surface area (Å²) in [7, 11) is -3.47. The molecule has 0 aliphatic carbocycles. The van der Waals surface area contributed by atoms with Crippen molar-refractivity contribution in [1.29, 1.82) is 0 Å². The average Bonchev–Trinajstić information content (AvgIpc) is 2.49. The standard InChI is InChI=1S/C16H23FN2O3S/c1-2-15(13-3-5-14(17)6-4-13)16(20)19-9-7-12(8-10-19)11-23(18,21)22/h3-6,12,15H,2,7-11H2,1H3,(H2,18,21,22). The van der Waals surface area contributed by atoms with Crippen LogP contribution in [0.4, 0.5) is 4.39 Å². The molecule has 128 valence electrons. The molecule has 23 heavy (non-hydrogen) atoms. The Morgan fingerprint density at radius 1 is 1.30 bits per heavy atom. The van der Waals surface area contributed by atoms with E-state index in [9.17, 15) is 17.6 Å². The van der Waals surface area contributed by atoms with E-state index in [1.807, 2.05) is 6.92 Å². The lowest BCUT2D eigenvalue weighted by molar-refractivity contribution is -0.134. The van der Waals surface area contributed by atoms with Crippen LogP contribution < -0.4 is 5.14 Å². The van der Waals surface area contributed by atoms with Gasteiger partial charge in [0, 0.05) is 13.1 Å². The van der Waals surface area contributed by atoms with Crippen molar-refractivity contribution >= 4 is 15.9 Å². The van der Waals surface area contributed by atoms with Gasteiger partial charge in [-0.25, -0.2) is 17.9 Å².